The van der Waals surface area contributed by atoms with Crippen molar-refractivity contribution in [3.63, 3.8) is 0 Å². The third-order valence-corrected chi connectivity index (χ3v) is 2.77. The fourth-order valence-electron chi connectivity index (χ4n) is 1.61. The van der Waals surface area contributed by atoms with Crippen molar-refractivity contribution in [3.8, 4) is 5.75 Å². The first-order valence-electron chi connectivity index (χ1n) is 5.70. The summed E-state index contributed by atoms with van der Waals surface area (Å²) >= 11 is 5.53. The smallest absolute Gasteiger partial charge is 0.221 e. The molecule has 0 aromatic heterocycles. The minimum Gasteiger partial charge on any atom is -0.497 e. The average Bonchev–Trinajstić information content (AvgIpc) is 2.36. The molecule has 3 nitrogen and oxygen atoms in total. The Morgan fingerprint density at radius 1 is 1.41 bits per heavy atom. The molecule has 0 heterocycles. The highest BCUT2D eigenvalue weighted by Gasteiger charge is 2.12. The van der Waals surface area contributed by atoms with E-state index in [1.165, 1.54) is 0 Å². The van der Waals surface area contributed by atoms with Gasteiger partial charge in [0.1, 0.15) is 5.75 Å². The van der Waals surface area contributed by atoms with Gasteiger partial charge in [-0.05, 0) is 24.1 Å². The second-order valence-electron chi connectivity index (χ2n) is 3.74. The normalized spacial score (nSPS) is 11.9. The second-order valence-corrected chi connectivity index (χ2v) is 4.12. The predicted molar refractivity (Wildman–Crippen MR) is 69.5 cm³/mol. The van der Waals surface area contributed by atoms with Crippen LogP contribution in [0, 0.1) is 0 Å². The number of halogens is 1. The third kappa shape index (κ3) is 4.27. The van der Waals surface area contributed by atoms with Gasteiger partial charge in [0.2, 0.25) is 5.91 Å². The molecule has 0 radical (unpaired) electrons. The van der Waals surface area contributed by atoms with Crippen molar-refractivity contribution in [3.05, 3.63) is 29.8 Å². The molecule has 1 rings (SSSR count). The lowest BCUT2D eigenvalue weighted by molar-refractivity contribution is -0.121. The highest BCUT2D eigenvalue weighted by Crippen LogP contribution is 2.20. The highest BCUT2D eigenvalue weighted by atomic mass is 35.5. The number of hydrogen-bond donors (Lipinski definition) is 1. The van der Waals surface area contributed by atoms with Crippen molar-refractivity contribution in [2.24, 2.45) is 0 Å². The number of alkyl halides is 1. The van der Waals surface area contributed by atoms with Crippen LogP contribution in [0.5, 0.6) is 5.75 Å². The molecule has 0 spiro atoms. The molecule has 0 bridgehead atoms. The van der Waals surface area contributed by atoms with Crippen LogP contribution in [0.3, 0.4) is 0 Å². The maximum atomic E-state index is 11.5. The van der Waals surface area contributed by atoms with E-state index in [0.717, 1.165) is 17.7 Å². The van der Waals surface area contributed by atoms with E-state index >= 15 is 0 Å². The number of benzene rings is 1. The molecule has 94 valence electrons. The number of methoxy groups -OCH3 is 1. The first-order chi connectivity index (χ1) is 8.21. The lowest BCUT2D eigenvalue weighted by Gasteiger charge is -2.17. The van der Waals surface area contributed by atoms with E-state index in [2.05, 4.69) is 5.32 Å². The van der Waals surface area contributed by atoms with Crippen molar-refractivity contribution >= 4 is 17.5 Å². The molecular formula is C13H18ClNO2. The van der Waals surface area contributed by atoms with Gasteiger partial charge in [0.05, 0.1) is 13.2 Å². The standard InChI is InChI=1S/C13H18ClNO2/c1-3-12(15-13(16)8-9-14)10-4-6-11(17-2)7-5-10/h4-7,12H,3,8-9H2,1-2H3,(H,15,16). The van der Waals surface area contributed by atoms with Crippen molar-refractivity contribution < 1.29 is 9.53 Å². The quantitative estimate of drug-likeness (QED) is 0.794. The summed E-state index contributed by atoms with van der Waals surface area (Å²) in [5.41, 5.74) is 1.08. The predicted octanol–water partition coefficient (Wildman–Crippen LogP) is 2.89. The van der Waals surface area contributed by atoms with Gasteiger partial charge in [0.25, 0.3) is 0 Å². The average molecular weight is 256 g/mol. The van der Waals surface area contributed by atoms with E-state index in [4.69, 9.17) is 16.3 Å². The molecule has 1 unspecified atom stereocenters. The molecule has 1 amide bonds. The zero-order valence-corrected chi connectivity index (χ0v) is 11.0. The topological polar surface area (TPSA) is 38.3 Å². The Hall–Kier alpha value is -1.22. The molecule has 17 heavy (non-hydrogen) atoms. The van der Waals surface area contributed by atoms with Crippen LogP contribution < -0.4 is 10.1 Å². The van der Waals surface area contributed by atoms with Crippen LogP contribution in [0.25, 0.3) is 0 Å². The summed E-state index contributed by atoms with van der Waals surface area (Å²) in [6.45, 7) is 2.04. The Balaban J connectivity index is 2.68. The van der Waals surface area contributed by atoms with Crippen LogP contribution in [-0.4, -0.2) is 18.9 Å². The van der Waals surface area contributed by atoms with E-state index in [1.54, 1.807) is 7.11 Å². The summed E-state index contributed by atoms with van der Waals surface area (Å²) in [6.07, 6.45) is 1.20. The number of carbonyl (C=O) groups excluding carboxylic acids is 1. The minimum atomic E-state index is -0.0114. The van der Waals surface area contributed by atoms with E-state index in [-0.39, 0.29) is 11.9 Å². The summed E-state index contributed by atoms with van der Waals surface area (Å²) in [5, 5.41) is 2.96. The van der Waals surface area contributed by atoms with Gasteiger partial charge >= 0.3 is 0 Å². The van der Waals surface area contributed by atoms with E-state index in [9.17, 15) is 4.79 Å². The number of nitrogens with one attached hydrogen (secondary N) is 1. The van der Waals surface area contributed by atoms with Gasteiger partial charge < -0.3 is 10.1 Å². The van der Waals surface area contributed by atoms with Gasteiger partial charge in [-0.1, -0.05) is 19.1 Å². The fourth-order valence-corrected chi connectivity index (χ4v) is 1.78. The summed E-state index contributed by atoms with van der Waals surface area (Å²) in [7, 11) is 1.63. The molecule has 0 aliphatic carbocycles. The Morgan fingerprint density at radius 3 is 2.53 bits per heavy atom. The van der Waals surface area contributed by atoms with Crippen LogP contribution in [0.1, 0.15) is 31.4 Å². The van der Waals surface area contributed by atoms with Gasteiger partial charge in [-0.3, -0.25) is 4.79 Å². The number of ether oxygens (including phenoxy) is 1. The first kappa shape index (κ1) is 13.8. The zero-order chi connectivity index (χ0) is 12.7. The number of hydrogen-bond acceptors (Lipinski definition) is 2. The van der Waals surface area contributed by atoms with Gasteiger partial charge in [-0.2, -0.15) is 0 Å². The summed E-state index contributed by atoms with van der Waals surface area (Å²) < 4.78 is 5.10. The lowest BCUT2D eigenvalue weighted by atomic mass is 10.0. The number of amides is 1. The molecule has 0 aliphatic rings. The van der Waals surface area contributed by atoms with Crippen molar-refractivity contribution in [1.29, 1.82) is 0 Å². The lowest BCUT2D eigenvalue weighted by Crippen LogP contribution is -2.28. The van der Waals surface area contributed by atoms with Gasteiger partial charge in [-0.15, -0.1) is 11.6 Å². The molecule has 0 fully saturated rings. The maximum Gasteiger partial charge on any atom is 0.221 e. The molecular weight excluding hydrogens is 238 g/mol. The molecule has 1 N–H and O–H groups in total. The van der Waals surface area contributed by atoms with Gasteiger partial charge in [0, 0.05) is 12.3 Å². The fraction of sp³-hybridized carbons (Fsp3) is 0.462. The zero-order valence-electron chi connectivity index (χ0n) is 10.2. The number of carbonyl (C=O) groups is 1. The largest absolute Gasteiger partial charge is 0.497 e. The van der Waals surface area contributed by atoms with Crippen molar-refractivity contribution in [1.82, 2.24) is 5.32 Å². The van der Waals surface area contributed by atoms with Crippen LogP contribution in [0.15, 0.2) is 24.3 Å². The van der Waals surface area contributed by atoms with Crippen molar-refractivity contribution in [2.45, 2.75) is 25.8 Å². The monoisotopic (exact) mass is 255 g/mol. The Labute approximate surface area is 107 Å². The molecule has 0 saturated heterocycles. The third-order valence-electron chi connectivity index (χ3n) is 2.58. The van der Waals surface area contributed by atoms with E-state index in [1.807, 2.05) is 31.2 Å². The Kier molecular flexibility index (Phi) is 5.84. The molecule has 0 aliphatic heterocycles. The van der Waals surface area contributed by atoms with Crippen LogP contribution in [0.4, 0.5) is 0 Å². The summed E-state index contributed by atoms with van der Waals surface area (Å²) in [6, 6.07) is 7.76. The summed E-state index contributed by atoms with van der Waals surface area (Å²) in [5.74, 6) is 1.16. The maximum absolute atomic E-state index is 11.5. The second kappa shape index (κ2) is 7.17. The van der Waals surface area contributed by atoms with E-state index < -0.39 is 0 Å². The van der Waals surface area contributed by atoms with Gasteiger partial charge in [0.15, 0.2) is 0 Å². The van der Waals surface area contributed by atoms with E-state index in [0.29, 0.717) is 12.3 Å². The SMILES string of the molecule is CCC(NC(=O)CCCl)c1ccc(OC)cc1. The van der Waals surface area contributed by atoms with Gasteiger partial charge in [-0.25, -0.2) is 0 Å². The van der Waals surface area contributed by atoms with Crippen LogP contribution in [0.2, 0.25) is 0 Å². The molecule has 0 saturated carbocycles. The molecule has 4 heteroatoms. The molecule has 1 aromatic carbocycles. The van der Waals surface area contributed by atoms with Crippen LogP contribution >= 0.6 is 11.6 Å². The van der Waals surface area contributed by atoms with Crippen LogP contribution in [-0.2, 0) is 4.79 Å². The number of rotatable bonds is 6. The highest BCUT2D eigenvalue weighted by molar-refractivity contribution is 6.18. The first-order valence-corrected chi connectivity index (χ1v) is 6.24. The Bertz CT molecular complexity index is 351. The van der Waals surface area contributed by atoms with Crippen molar-refractivity contribution in [2.75, 3.05) is 13.0 Å². The minimum absolute atomic E-state index is 0.0114. The summed E-state index contributed by atoms with van der Waals surface area (Å²) in [4.78, 5) is 11.5. The molecule has 1 aromatic rings. The Morgan fingerprint density at radius 2 is 2.06 bits per heavy atom. The molecule has 1 atom stereocenters.